The van der Waals surface area contributed by atoms with E-state index in [9.17, 15) is 9.59 Å². The van der Waals surface area contributed by atoms with Crippen LogP contribution < -0.4 is 0 Å². The molecule has 0 spiro atoms. The molecule has 1 fully saturated rings. The van der Waals surface area contributed by atoms with Crippen LogP contribution in [0, 0.1) is 0 Å². The van der Waals surface area contributed by atoms with E-state index < -0.39 is 0 Å². The summed E-state index contributed by atoms with van der Waals surface area (Å²) in [5, 5.41) is 0. The van der Waals surface area contributed by atoms with Gasteiger partial charge in [-0.15, -0.1) is 0 Å². The number of nitrogens with zero attached hydrogens (tertiary/aromatic N) is 1. The molecule has 0 aliphatic carbocycles. The SMILES string of the molecule is C/C=C/N1C(=O)CCC1=O. The lowest BCUT2D eigenvalue weighted by atomic mass is 10.4. The Labute approximate surface area is 59.3 Å². The van der Waals surface area contributed by atoms with E-state index in [1.807, 2.05) is 0 Å². The highest BCUT2D eigenvalue weighted by molar-refractivity contribution is 6.02. The quantitative estimate of drug-likeness (QED) is 0.501. The zero-order valence-electron chi connectivity index (χ0n) is 5.83. The molecular formula is C7H9NO2. The monoisotopic (exact) mass is 139 g/mol. The first-order valence-corrected chi connectivity index (χ1v) is 3.23. The van der Waals surface area contributed by atoms with Gasteiger partial charge in [0.2, 0.25) is 11.8 Å². The van der Waals surface area contributed by atoms with E-state index in [1.165, 1.54) is 11.1 Å². The Morgan fingerprint density at radius 3 is 2.20 bits per heavy atom. The first-order valence-electron chi connectivity index (χ1n) is 3.23. The summed E-state index contributed by atoms with van der Waals surface area (Å²) in [7, 11) is 0. The Bertz CT molecular complexity index is 180. The summed E-state index contributed by atoms with van der Waals surface area (Å²) >= 11 is 0. The summed E-state index contributed by atoms with van der Waals surface area (Å²) in [5.74, 6) is -0.189. The molecule has 1 rings (SSSR count). The molecule has 0 aromatic rings. The van der Waals surface area contributed by atoms with E-state index in [2.05, 4.69) is 0 Å². The highest BCUT2D eigenvalue weighted by Crippen LogP contribution is 2.11. The van der Waals surface area contributed by atoms with Crippen LogP contribution in [0.3, 0.4) is 0 Å². The van der Waals surface area contributed by atoms with Crippen LogP contribution in [0.4, 0.5) is 0 Å². The van der Waals surface area contributed by atoms with Crippen molar-refractivity contribution < 1.29 is 9.59 Å². The van der Waals surface area contributed by atoms with E-state index in [4.69, 9.17) is 0 Å². The van der Waals surface area contributed by atoms with Gasteiger partial charge in [-0.2, -0.15) is 0 Å². The van der Waals surface area contributed by atoms with Crippen LogP contribution in [0.2, 0.25) is 0 Å². The molecule has 0 N–H and O–H groups in total. The van der Waals surface area contributed by atoms with E-state index >= 15 is 0 Å². The lowest BCUT2D eigenvalue weighted by molar-refractivity contribution is -0.135. The van der Waals surface area contributed by atoms with Crippen LogP contribution in [0.25, 0.3) is 0 Å². The maximum Gasteiger partial charge on any atom is 0.233 e. The van der Waals surface area contributed by atoms with Gasteiger partial charge in [0.15, 0.2) is 0 Å². The molecule has 2 amide bonds. The third kappa shape index (κ3) is 1.07. The van der Waals surface area contributed by atoms with Gasteiger partial charge in [-0.05, 0) is 6.92 Å². The van der Waals surface area contributed by atoms with Gasteiger partial charge >= 0.3 is 0 Å². The summed E-state index contributed by atoms with van der Waals surface area (Å²) in [6.45, 7) is 1.78. The summed E-state index contributed by atoms with van der Waals surface area (Å²) in [4.78, 5) is 22.8. The number of hydrogen-bond acceptors (Lipinski definition) is 2. The molecule has 54 valence electrons. The molecule has 10 heavy (non-hydrogen) atoms. The number of likely N-dealkylation sites (tertiary alicyclic amines) is 1. The third-order valence-electron chi connectivity index (χ3n) is 1.39. The van der Waals surface area contributed by atoms with Gasteiger partial charge in [0, 0.05) is 19.0 Å². The normalized spacial score (nSPS) is 19.5. The first kappa shape index (κ1) is 6.99. The highest BCUT2D eigenvalue weighted by atomic mass is 16.2. The Hall–Kier alpha value is -1.12. The Kier molecular flexibility index (Phi) is 1.85. The van der Waals surface area contributed by atoms with Crippen molar-refractivity contribution in [3.8, 4) is 0 Å². The first-order chi connectivity index (χ1) is 4.75. The number of imide groups is 1. The van der Waals surface area contributed by atoms with E-state index in [0.717, 1.165) is 0 Å². The van der Waals surface area contributed by atoms with Gasteiger partial charge < -0.3 is 0 Å². The van der Waals surface area contributed by atoms with Gasteiger partial charge in [-0.25, -0.2) is 0 Å². The van der Waals surface area contributed by atoms with Crippen LogP contribution in [0.15, 0.2) is 12.3 Å². The molecule has 1 aliphatic rings. The van der Waals surface area contributed by atoms with Crippen molar-refractivity contribution in [1.82, 2.24) is 4.90 Å². The van der Waals surface area contributed by atoms with E-state index in [1.54, 1.807) is 13.0 Å². The van der Waals surface area contributed by atoms with Crippen molar-refractivity contribution in [1.29, 1.82) is 0 Å². The molecule has 1 aliphatic heterocycles. The molecule has 3 nitrogen and oxygen atoms in total. The number of carbonyl (C=O) groups is 2. The standard InChI is InChI=1S/C7H9NO2/c1-2-5-8-6(9)3-4-7(8)10/h2,5H,3-4H2,1H3/b5-2+. The topological polar surface area (TPSA) is 37.4 Å². The fourth-order valence-corrected chi connectivity index (χ4v) is 0.909. The van der Waals surface area contributed by atoms with Crippen molar-refractivity contribution >= 4 is 11.8 Å². The second-order valence-electron chi connectivity index (χ2n) is 2.14. The van der Waals surface area contributed by atoms with Gasteiger partial charge in [0.05, 0.1) is 0 Å². The molecule has 0 unspecified atom stereocenters. The minimum atomic E-state index is -0.0944. The molecular weight excluding hydrogens is 130 g/mol. The van der Waals surface area contributed by atoms with E-state index in [-0.39, 0.29) is 11.8 Å². The van der Waals surface area contributed by atoms with Crippen molar-refractivity contribution in [3.63, 3.8) is 0 Å². The van der Waals surface area contributed by atoms with Crippen molar-refractivity contribution in [2.45, 2.75) is 19.8 Å². The number of hydrogen-bond donors (Lipinski definition) is 0. The zero-order valence-corrected chi connectivity index (χ0v) is 5.83. The molecule has 0 aromatic heterocycles. The van der Waals surface area contributed by atoms with E-state index in [0.29, 0.717) is 12.8 Å². The molecule has 3 heteroatoms. The van der Waals surface area contributed by atoms with Crippen LogP contribution in [-0.4, -0.2) is 16.7 Å². The minimum absolute atomic E-state index is 0.0944. The molecule has 1 saturated heterocycles. The largest absolute Gasteiger partial charge is 0.274 e. The van der Waals surface area contributed by atoms with Gasteiger partial charge in [-0.3, -0.25) is 14.5 Å². The molecule has 1 heterocycles. The average Bonchev–Trinajstić information content (AvgIpc) is 2.20. The summed E-state index contributed by atoms with van der Waals surface area (Å²) in [5.41, 5.74) is 0. The minimum Gasteiger partial charge on any atom is -0.274 e. The van der Waals surface area contributed by atoms with Gasteiger partial charge in [0.25, 0.3) is 0 Å². The number of amides is 2. The summed E-state index contributed by atoms with van der Waals surface area (Å²) in [6, 6.07) is 0. The van der Waals surface area contributed by atoms with Crippen LogP contribution in [0.1, 0.15) is 19.8 Å². The third-order valence-corrected chi connectivity index (χ3v) is 1.39. The predicted molar refractivity (Wildman–Crippen MR) is 35.9 cm³/mol. The predicted octanol–water partition coefficient (Wildman–Crippen LogP) is 0.669. The maximum atomic E-state index is 10.8. The van der Waals surface area contributed by atoms with Crippen molar-refractivity contribution in [2.75, 3.05) is 0 Å². The molecule has 0 saturated carbocycles. The molecule has 0 bridgehead atoms. The zero-order chi connectivity index (χ0) is 7.56. The Morgan fingerprint density at radius 1 is 1.30 bits per heavy atom. The number of carbonyl (C=O) groups excluding carboxylic acids is 2. The molecule has 0 radical (unpaired) electrons. The van der Waals surface area contributed by atoms with Gasteiger partial charge in [0.1, 0.15) is 0 Å². The fourth-order valence-electron chi connectivity index (χ4n) is 0.909. The van der Waals surface area contributed by atoms with Crippen molar-refractivity contribution in [2.24, 2.45) is 0 Å². The highest BCUT2D eigenvalue weighted by Gasteiger charge is 2.26. The lowest BCUT2D eigenvalue weighted by Gasteiger charge is -2.04. The fraction of sp³-hybridized carbons (Fsp3) is 0.429. The summed E-state index contributed by atoms with van der Waals surface area (Å²) < 4.78 is 0. The average molecular weight is 139 g/mol. The second-order valence-corrected chi connectivity index (χ2v) is 2.14. The van der Waals surface area contributed by atoms with Crippen LogP contribution >= 0.6 is 0 Å². The van der Waals surface area contributed by atoms with Crippen molar-refractivity contribution in [3.05, 3.63) is 12.3 Å². The molecule has 0 aromatic carbocycles. The Balaban J connectivity index is 2.72. The van der Waals surface area contributed by atoms with Crippen LogP contribution in [0.5, 0.6) is 0 Å². The lowest BCUT2D eigenvalue weighted by Crippen LogP contribution is -2.22. The number of rotatable bonds is 1. The van der Waals surface area contributed by atoms with Crippen LogP contribution in [-0.2, 0) is 9.59 Å². The smallest absolute Gasteiger partial charge is 0.233 e. The maximum absolute atomic E-state index is 10.8. The number of allylic oxidation sites excluding steroid dienone is 1. The molecule has 0 atom stereocenters. The summed E-state index contributed by atoms with van der Waals surface area (Å²) in [6.07, 6.45) is 3.92. The van der Waals surface area contributed by atoms with Gasteiger partial charge in [-0.1, -0.05) is 6.08 Å². The Morgan fingerprint density at radius 2 is 1.80 bits per heavy atom. The second kappa shape index (κ2) is 2.64.